The number of carbonyl (C=O) groups excluding carboxylic acids is 1. The molecular formula is C8H12O. The normalized spacial score (nSPS) is 11.7. The molecule has 0 rings (SSSR count). The highest BCUT2D eigenvalue weighted by Crippen LogP contribution is 2.07. The van der Waals surface area contributed by atoms with Crippen LogP contribution in [-0.4, -0.2) is 5.94 Å². The third kappa shape index (κ3) is 3.75. The summed E-state index contributed by atoms with van der Waals surface area (Å²) < 4.78 is 0. The first-order valence-corrected chi connectivity index (χ1v) is 3.17. The standard InChI is InChI=1S/C8H12O/c1-3-8(4-2)6-5-7-9/h3,5,8H,1,4,6H2,2H3. The van der Waals surface area contributed by atoms with Crippen molar-refractivity contribution in [2.75, 3.05) is 0 Å². The monoisotopic (exact) mass is 124 g/mol. The molecule has 9 heavy (non-hydrogen) atoms. The molecule has 0 aliphatic heterocycles. The molecule has 50 valence electrons. The van der Waals surface area contributed by atoms with Crippen LogP contribution in [0.2, 0.25) is 0 Å². The van der Waals surface area contributed by atoms with Gasteiger partial charge in [0.15, 0.2) is 0 Å². The van der Waals surface area contributed by atoms with Gasteiger partial charge in [0.1, 0.15) is 5.94 Å². The lowest BCUT2D eigenvalue weighted by Gasteiger charge is -2.01. The van der Waals surface area contributed by atoms with E-state index in [9.17, 15) is 4.79 Å². The van der Waals surface area contributed by atoms with Crippen LogP contribution in [0.25, 0.3) is 0 Å². The summed E-state index contributed by atoms with van der Waals surface area (Å²) in [5, 5.41) is 0. The van der Waals surface area contributed by atoms with Crippen molar-refractivity contribution < 1.29 is 4.79 Å². The molecule has 0 heterocycles. The van der Waals surface area contributed by atoms with Crippen LogP contribution in [0, 0.1) is 5.92 Å². The molecule has 0 radical (unpaired) electrons. The highest BCUT2D eigenvalue weighted by molar-refractivity contribution is 5.44. The Morgan fingerprint density at radius 3 is 2.78 bits per heavy atom. The average Bonchev–Trinajstić information content (AvgIpc) is 1.91. The van der Waals surface area contributed by atoms with Crippen LogP contribution in [0.1, 0.15) is 19.8 Å². The third-order valence-electron chi connectivity index (χ3n) is 1.36. The second-order valence-corrected chi connectivity index (χ2v) is 1.96. The van der Waals surface area contributed by atoms with E-state index < -0.39 is 0 Å². The molecule has 0 saturated heterocycles. The van der Waals surface area contributed by atoms with Crippen LogP contribution in [0.5, 0.6) is 0 Å². The molecule has 1 atom stereocenters. The first-order valence-electron chi connectivity index (χ1n) is 3.17. The van der Waals surface area contributed by atoms with Crippen molar-refractivity contribution in [1.82, 2.24) is 0 Å². The molecule has 0 aromatic rings. The molecule has 1 unspecified atom stereocenters. The Bertz CT molecular complexity index is 121. The second kappa shape index (κ2) is 5.33. The van der Waals surface area contributed by atoms with Crippen molar-refractivity contribution in [3.8, 4) is 0 Å². The smallest absolute Gasteiger partial charge is 0.120 e. The van der Waals surface area contributed by atoms with Gasteiger partial charge in [-0.25, -0.2) is 4.79 Å². The van der Waals surface area contributed by atoms with E-state index in [1.807, 2.05) is 6.08 Å². The summed E-state index contributed by atoms with van der Waals surface area (Å²) in [6, 6.07) is 0. The van der Waals surface area contributed by atoms with Gasteiger partial charge < -0.3 is 0 Å². The molecular weight excluding hydrogens is 112 g/mol. The number of rotatable bonds is 4. The summed E-state index contributed by atoms with van der Waals surface area (Å²) in [6.45, 7) is 5.71. The van der Waals surface area contributed by atoms with Crippen LogP contribution >= 0.6 is 0 Å². The molecule has 0 bridgehead atoms. The van der Waals surface area contributed by atoms with Gasteiger partial charge in [-0.1, -0.05) is 13.0 Å². The van der Waals surface area contributed by atoms with E-state index in [1.165, 1.54) is 6.08 Å². The average molecular weight is 124 g/mol. The van der Waals surface area contributed by atoms with Gasteiger partial charge in [0, 0.05) is 6.08 Å². The summed E-state index contributed by atoms with van der Waals surface area (Å²) in [6.07, 6.45) is 5.20. The van der Waals surface area contributed by atoms with E-state index in [-0.39, 0.29) is 0 Å². The van der Waals surface area contributed by atoms with Crippen LogP contribution in [0.15, 0.2) is 18.7 Å². The highest BCUT2D eigenvalue weighted by atomic mass is 16.1. The van der Waals surface area contributed by atoms with Gasteiger partial charge >= 0.3 is 0 Å². The van der Waals surface area contributed by atoms with Crippen LogP contribution in [0.3, 0.4) is 0 Å². The quantitative estimate of drug-likeness (QED) is 0.413. The first kappa shape index (κ1) is 8.19. The van der Waals surface area contributed by atoms with E-state index in [1.54, 1.807) is 5.94 Å². The minimum atomic E-state index is 0.450. The zero-order chi connectivity index (χ0) is 7.11. The summed E-state index contributed by atoms with van der Waals surface area (Å²) in [5.41, 5.74) is 0. The van der Waals surface area contributed by atoms with E-state index in [0.717, 1.165) is 12.8 Å². The number of hydrogen-bond acceptors (Lipinski definition) is 1. The zero-order valence-corrected chi connectivity index (χ0v) is 5.76. The summed E-state index contributed by atoms with van der Waals surface area (Å²) in [7, 11) is 0. The van der Waals surface area contributed by atoms with Gasteiger partial charge in [-0.2, -0.15) is 0 Å². The summed E-state index contributed by atoms with van der Waals surface area (Å²) >= 11 is 0. The predicted octanol–water partition coefficient (Wildman–Crippen LogP) is 1.98. The number of allylic oxidation sites excluding steroid dienone is 2. The Morgan fingerprint density at radius 2 is 2.44 bits per heavy atom. The fourth-order valence-corrected chi connectivity index (χ4v) is 0.629. The summed E-state index contributed by atoms with van der Waals surface area (Å²) in [4.78, 5) is 9.73. The minimum Gasteiger partial charge on any atom is -0.234 e. The maximum Gasteiger partial charge on any atom is 0.120 e. The maximum absolute atomic E-state index is 9.73. The molecule has 0 spiro atoms. The van der Waals surface area contributed by atoms with E-state index in [4.69, 9.17) is 0 Å². The van der Waals surface area contributed by atoms with Crippen molar-refractivity contribution in [1.29, 1.82) is 0 Å². The Labute approximate surface area is 56.1 Å². The molecule has 0 N–H and O–H groups in total. The Kier molecular flexibility index (Phi) is 4.85. The topological polar surface area (TPSA) is 17.1 Å². The molecule has 0 aliphatic carbocycles. The Balaban J connectivity index is 3.54. The van der Waals surface area contributed by atoms with E-state index in [2.05, 4.69) is 13.5 Å². The molecule has 0 amide bonds. The first-order chi connectivity index (χ1) is 4.35. The highest BCUT2D eigenvalue weighted by Gasteiger charge is 1.95. The molecule has 0 aromatic carbocycles. The van der Waals surface area contributed by atoms with Crippen LogP contribution in [-0.2, 0) is 4.79 Å². The predicted molar refractivity (Wildman–Crippen MR) is 38.9 cm³/mol. The molecule has 1 heteroatoms. The summed E-state index contributed by atoms with van der Waals surface area (Å²) in [5.74, 6) is 2.19. The molecule has 0 saturated carbocycles. The van der Waals surface area contributed by atoms with Gasteiger partial charge in [0.25, 0.3) is 0 Å². The lowest BCUT2D eigenvalue weighted by atomic mass is 10.0. The van der Waals surface area contributed by atoms with E-state index >= 15 is 0 Å². The largest absolute Gasteiger partial charge is 0.234 e. The van der Waals surface area contributed by atoms with Crippen LogP contribution < -0.4 is 0 Å². The van der Waals surface area contributed by atoms with Crippen molar-refractivity contribution in [2.24, 2.45) is 5.92 Å². The lowest BCUT2D eigenvalue weighted by molar-refractivity contribution is 0.565. The molecule has 0 aliphatic rings. The third-order valence-corrected chi connectivity index (χ3v) is 1.36. The SMILES string of the molecule is C=CC(CC)CC=C=O. The fraction of sp³-hybridized carbons (Fsp3) is 0.500. The van der Waals surface area contributed by atoms with Crippen molar-refractivity contribution in [2.45, 2.75) is 19.8 Å². The number of hydrogen-bond donors (Lipinski definition) is 0. The molecule has 0 aromatic heterocycles. The van der Waals surface area contributed by atoms with Gasteiger partial charge in [-0.3, -0.25) is 0 Å². The second-order valence-electron chi connectivity index (χ2n) is 1.96. The van der Waals surface area contributed by atoms with Gasteiger partial charge in [0.05, 0.1) is 0 Å². The van der Waals surface area contributed by atoms with Crippen LogP contribution in [0.4, 0.5) is 0 Å². The Hall–Kier alpha value is -0.810. The van der Waals surface area contributed by atoms with E-state index in [0.29, 0.717) is 5.92 Å². The fourth-order valence-electron chi connectivity index (χ4n) is 0.629. The van der Waals surface area contributed by atoms with Crippen molar-refractivity contribution in [3.05, 3.63) is 18.7 Å². The minimum absolute atomic E-state index is 0.450. The van der Waals surface area contributed by atoms with Gasteiger partial charge in [-0.05, 0) is 18.8 Å². The van der Waals surface area contributed by atoms with Crippen molar-refractivity contribution >= 4 is 5.94 Å². The zero-order valence-electron chi connectivity index (χ0n) is 5.76. The van der Waals surface area contributed by atoms with Gasteiger partial charge in [0.2, 0.25) is 0 Å². The maximum atomic E-state index is 9.73. The van der Waals surface area contributed by atoms with Crippen molar-refractivity contribution in [3.63, 3.8) is 0 Å². The molecule has 0 fully saturated rings. The lowest BCUT2D eigenvalue weighted by Crippen LogP contribution is -1.89. The molecule has 1 nitrogen and oxygen atoms in total. The Morgan fingerprint density at radius 1 is 1.78 bits per heavy atom. The van der Waals surface area contributed by atoms with Gasteiger partial charge in [-0.15, -0.1) is 6.58 Å².